The Labute approximate surface area is 163 Å². The van der Waals surface area contributed by atoms with Crippen molar-refractivity contribution in [3.63, 3.8) is 0 Å². The number of halogens is 1. The van der Waals surface area contributed by atoms with E-state index < -0.39 is 0 Å². The number of phenols is 1. The van der Waals surface area contributed by atoms with Crippen molar-refractivity contribution in [3.8, 4) is 17.2 Å². The lowest BCUT2D eigenvalue weighted by Crippen LogP contribution is -1.92. The highest BCUT2D eigenvalue weighted by molar-refractivity contribution is 6.31. The van der Waals surface area contributed by atoms with Gasteiger partial charge in [-0.15, -0.1) is 0 Å². The number of phenolic OH excluding ortho intramolecular Hbond substituents is 1. The first kappa shape index (κ1) is 18.8. The van der Waals surface area contributed by atoms with Gasteiger partial charge in [0.25, 0.3) is 0 Å². The molecule has 0 unspecified atom stereocenters. The second-order valence-corrected chi connectivity index (χ2v) is 6.37. The summed E-state index contributed by atoms with van der Waals surface area (Å²) in [4.78, 5) is 4.44. The van der Waals surface area contributed by atoms with Crippen LogP contribution in [0.1, 0.15) is 16.7 Å². The van der Waals surface area contributed by atoms with Crippen LogP contribution in [-0.4, -0.2) is 25.5 Å². The van der Waals surface area contributed by atoms with Crippen molar-refractivity contribution in [3.05, 3.63) is 82.4 Å². The van der Waals surface area contributed by atoms with Gasteiger partial charge in [-0.2, -0.15) is 0 Å². The number of methoxy groups -OCH3 is 2. The molecular weight excluding hydrogens is 362 g/mol. The van der Waals surface area contributed by atoms with E-state index in [2.05, 4.69) is 4.99 Å². The molecule has 0 saturated heterocycles. The predicted octanol–water partition coefficient (Wildman–Crippen LogP) is 5.40. The third-order valence-electron chi connectivity index (χ3n) is 4.16. The highest BCUT2D eigenvalue weighted by Crippen LogP contribution is 2.31. The monoisotopic (exact) mass is 381 g/mol. The Morgan fingerprint density at radius 2 is 1.74 bits per heavy atom. The molecule has 0 aliphatic carbocycles. The van der Waals surface area contributed by atoms with Crippen LogP contribution in [0.4, 0.5) is 5.69 Å². The van der Waals surface area contributed by atoms with Crippen LogP contribution < -0.4 is 9.47 Å². The molecule has 0 fully saturated rings. The Morgan fingerprint density at radius 3 is 2.48 bits per heavy atom. The third kappa shape index (κ3) is 4.60. The summed E-state index contributed by atoms with van der Waals surface area (Å²) in [6, 6.07) is 18.6. The molecule has 3 aromatic carbocycles. The summed E-state index contributed by atoms with van der Waals surface area (Å²) in [5, 5.41) is 10.9. The molecule has 0 aliphatic rings. The zero-order chi connectivity index (χ0) is 19.2. The summed E-state index contributed by atoms with van der Waals surface area (Å²) in [5.41, 5.74) is 3.40. The Kier molecular flexibility index (Phi) is 5.99. The zero-order valence-corrected chi connectivity index (χ0v) is 15.9. The van der Waals surface area contributed by atoms with Crippen LogP contribution in [-0.2, 0) is 6.42 Å². The van der Waals surface area contributed by atoms with E-state index in [4.69, 9.17) is 21.1 Å². The van der Waals surface area contributed by atoms with Crippen LogP contribution in [0.15, 0.2) is 65.7 Å². The van der Waals surface area contributed by atoms with Gasteiger partial charge in [0.2, 0.25) is 0 Å². The van der Waals surface area contributed by atoms with Crippen LogP contribution in [0.3, 0.4) is 0 Å². The van der Waals surface area contributed by atoms with E-state index in [-0.39, 0.29) is 5.75 Å². The SMILES string of the molecule is COc1ccc(N=Cc2cc(Cc3ccccc3Cl)ccc2O)cc1OC. The first-order valence-electron chi connectivity index (χ1n) is 8.42. The van der Waals surface area contributed by atoms with Gasteiger partial charge in [-0.1, -0.05) is 35.9 Å². The molecule has 1 N–H and O–H groups in total. The number of aromatic hydroxyl groups is 1. The number of ether oxygens (including phenoxy) is 2. The number of hydrogen-bond donors (Lipinski definition) is 1. The molecule has 0 amide bonds. The number of hydrogen-bond acceptors (Lipinski definition) is 4. The van der Waals surface area contributed by atoms with Gasteiger partial charge in [0.15, 0.2) is 11.5 Å². The summed E-state index contributed by atoms with van der Waals surface area (Å²) in [7, 11) is 3.17. The number of benzene rings is 3. The van der Waals surface area contributed by atoms with E-state index in [0.717, 1.165) is 16.1 Å². The highest BCUT2D eigenvalue weighted by Gasteiger charge is 2.06. The van der Waals surface area contributed by atoms with Crippen molar-refractivity contribution in [1.82, 2.24) is 0 Å². The van der Waals surface area contributed by atoms with Gasteiger partial charge in [-0.3, -0.25) is 4.99 Å². The highest BCUT2D eigenvalue weighted by atomic mass is 35.5. The predicted molar refractivity (Wildman–Crippen MR) is 109 cm³/mol. The topological polar surface area (TPSA) is 51.0 Å². The van der Waals surface area contributed by atoms with Gasteiger partial charge in [0.1, 0.15) is 5.75 Å². The van der Waals surface area contributed by atoms with E-state index in [0.29, 0.717) is 29.2 Å². The van der Waals surface area contributed by atoms with Gasteiger partial charge in [-0.25, -0.2) is 0 Å². The quantitative estimate of drug-likeness (QED) is 0.581. The number of aliphatic imine (C=N–C) groups is 1. The molecule has 0 atom stereocenters. The lowest BCUT2D eigenvalue weighted by atomic mass is 10.0. The lowest BCUT2D eigenvalue weighted by Gasteiger charge is -2.08. The second-order valence-electron chi connectivity index (χ2n) is 5.96. The van der Waals surface area contributed by atoms with Crippen LogP contribution >= 0.6 is 11.6 Å². The minimum atomic E-state index is 0.169. The summed E-state index contributed by atoms with van der Waals surface area (Å²) in [6.07, 6.45) is 2.31. The fourth-order valence-electron chi connectivity index (χ4n) is 2.73. The Morgan fingerprint density at radius 1 is 0.963 bits per heavy atom. The maximum absolute atomic E-state index is 10.2. The van der Waals surface area contributed by atoms with E-state index >= 15 is 0 Å². The van der Waals surface area contributed by atoms with Gasteiger partial charge in [0, 0.05) is 22.9 Å². The Bertz CT molecular complexity index is 970. The first-order chi connectivity index (χ1) is 13.1. The fraction of sp³-hybridized carbons (Fsp3) is 0.136. The molecule has 27 heavy (non-hydrogen) atoms. The standard InChI is InChI=1S/C22H20ClNO3/c1-26-21-10-8-18(13-22(21)27-2)24-14-17-12-15(7-9-20(17)25)11-16-5-3-4-6-19(16)23/h3-10,12-14,25H,11H2,1-2H3. The number of nitrogens with zero attached hydrogens (tertiary/aromatic N) is 1. The molecule has 0 radical (unpaired) electrons. The normalized spacial score (nSPS) is 10.9. The van der Waals surface area contributed by atoms with Crippen LogP contribution in [0.5, 0.6) is 17.2 Å². The fourth-order valence-corrected chi connectivity index (χ4v) is 2.93. The van der Waals surface area contributed by atoms with Gasteiger partial charge < -0.3 is 14.6 Å². The molecule has 3 rings (SSSR count). The van der Waals surface area contributed by atoms with Crippen molar-refractivity contribution < 1.29 is 14.6 Å². The molecule has 4 nitrogen and oxygen atoms in total. The molecule has 0 heterocycles. The molecule has 0 saturated carbocycles. The molecule has 0 spiro atoms. The minimum absolute atomic E-state index is 0.169. The largest absolute Gasteiger partial charge is 0.507 e. The maximum atomic E-state index is 10.2. The molecule has 3 aromatic rings. The average Bonchev–Trinajstić information content (AvgIpc) is 2.69. The van der Waals surface area contributed by atoms with Crippen molar-refractivity contribution in [1.29, 1.82) is 0 Å². The summed E-state index contributed by atoms with van der Waals surface area (Å²) >= 11 is 6.24. The van der Waals surface area contributed by atoms with Gasteiger partial charge >= 0.3 is 0 Å². The van der Waals surface area contributed by atoms with E-state index in [1.54, 1.807) is 38.6 Å². The van der Waals surface area contributed by atoms with Crippen molar-refractivity contribution in [2.45, 2.75) is 6.42 Å². The van der Waals surface area contributed by atoms with Crippen molar-refractivity contribution >= 4 is 23.5 Å². The van der Waals surface area contributed by atoms with Crippen molar-refractivity contribution in [2.75, 3.05) is 14.2 Å². The zero-order valence-electron chi connectivity index (χ0n) is 15.1. The number of rotatable bonds is 6. The average molecular weight is 382 g/mol. The maximum Gasteiger partial charge on any atom is 0.162 e. The van der Waals surface area contributed by atoms with Crippen molar-refractivity contribution in [2.24, 2.45) is 4.99 Å². The smallest absolute Gasteiger partial charge is 0.162 e. The summed E-state index contributed by atoms with van der Waals surface area (Å²) in [6.45, 7) is 0. The molecule has 0 aliphatic heterocycles. The van der Waals surface area contributed by atoms with E-state index in [1.807, 2.05) is 42.5 Å². The Hall–Kier alpha value is -2.98. The van der Waals surface area contributed by atoms with Crippen LogP contribution in [0, 0.1) is 0 Å². The summed E-state index contributed by atoms with van der Waals surface area (Å²) < 4.78 is 10.5. The Balaban J connectivity index is 1.84. The lowest BCUT2D eigenvalue weighted by molar-refractivity contribution is 0.355. The first-order valence-corrected chi connectivity index (χ1v) is 8.80. The molecular formula is C22H20ClNO3. The van der Waals surface area contributed by atoms with Crippen LogP contribution in [0.25, 0.3) is 0 Å². The third-order valence-corrected chi connectivity index (χ3v) is 4.53. The molecule has 5 heteroatoms. The van der Waals surface area contributed by atoms with E-state index in [9.17, 15) is 5.11 Å². The van der Waals surface area contributed by atoms with Gasteiger partial charge in [-0.05, 0) is 47.9 Å². The van der Waals surface area contributed by atoms with Crippen LogP contribution in [0.2, 0.25) is 5.02 Å². The van der Waals surface area contributed by atoms with Gasteiger partial charge in [0.05, 0.1) is 19.9 Å². The molecule has 138 valence electrons. The second kappa shape index (κ2) is 8.60. The molecule has 0 aromatic heterocycles. The minimum Gasteiger partial charge on any atom is -0.507 e. The molecule has 0 bridgehead atoms. The summed E-state index contributed by atoms with van der Waals surface area (Å²) in [5.74, 6) is 1.41. The van der Waals surface area contributed by atoms with E-state index in [1.165, 1.54) is 0 Å².